The van der Waals surface area contributed by atoms with Crippen LogP contribution in [0, 0.1) is 16.9 Å². The minimum absolute atomic E-state index is 0.0937. The van der Waals surface area contributed by atoms with Crippen molar-refractivity contribution in [2.45, 2.75) is 46.3 Å². The molecule has 4 nitrogen and oxygen atoms in total. The number of carbonyl (C=O) groups excluding carboxylic acids is 2. The second-order valence-corrected chi connectivity index (χ2v) is 10.9. The maximum Gasteiger partial charge on any atom is 0.324 e. The van der Waals surface area contributed by atoms with E-state index in [2.05, 4.69) is 37.7 Å². The number of allylic oxidation sites excluding steroid dienone is 3. The van der Waals surface area contributed by atoms with Crippen molar-refractivity contribution in [3.05, 3.63) is 24.8 Å². The maximum atomic E-state index is 12.5. The molecule has 0 atom stereocenters. The van der Waals surface area contributed by atoms with Crippen LogP contribution in [0.1, 0.15) is 26.7 Å². The highest BCUT2D eigenvalue weighted by Gasteiger charge is 2.47. The molecule has 0 bridgehead atoms. The molecule has 5 heteroatoms. The van der Waals surface area contributed by atoms with Gasteiger partial charge in [-0.05, 0) is 20.3 Å². The molecule has 23 heavy (non-hydrogen) atoms. The van der Waals surface area contributed by atoms with Gasteiger partial charge in [-0.1, -0.05) is 44.4 Å². The van der Waals surface area contributed by atoms with Gasteiger partial charge in [-0.3, -0.25) is 9.59 Å². The van der Waals surface area contributed by atoms with E-state index in [4.69, 9.17) is 9.47 Å². The predicted molar refractivity (Wildman–Crippen MR) is 95.4 cm³/mol. The summed E-state index contributed by atoms with van der Waals surface area (Å²) in [4.78, 5) is 25.0. The van der Waals surface area contributed by atoms with E-state index in [9.17, 15) is 9.59 Å². The standard InChI is InChI=1S/C18H28O4Si/c1-7-10-11-13-18(16(19)21-8-2,17(20)22-9-3)14-12-15-23(4,5)6/h7,10-11H,1,8-9,13-14H2,2-6H3/b11-10+. The third kappa shape index (κ3) is 7.33. The number of hydrogen-bond donors (Lipinski definition) is 0. The molecule has 0 unspecified atom stereocenters. The fraction of sp³-hybridized carbons (Fsp3) is 0.556. The molecule has 0 saturated heterocycles. The molecule has 0 aliphatic heterocycles. The van der Waals surface area contributed by atoms with Crippen LogP contribution in [0.15, 0.2) is 24.8 Å². The van der Waals surface area contributed by atoms with Crippen molar-refractivity contribution >= 4 is 20.0 Å². The van der Waals surface area contributed by atoms with Gasteiger partial charge in [0, 0.05) is 6.42 Å². The lowest BCUT2D eigenvalue weighted by Crippen LogP contribution is -2.41. The fourth-order valence-electron chi connectivity index (χ4n) is 1.83. The van der Waals surface area contributed by atoms with Crippen molar-refractivity contribution in [2.24, 2.45) is 5.41 Å². The average molecular weight is 337 g/mol. The molecular weight excluding hydrogens is 308 g/mol. The molecule has 0 saturated carbocycles. The average Bonchev–Trinajstić information content (AvgIpc) is 2.45. The maximum absolute atomic E-state index is 12.5. The topological polar surface area (TPSA) is 52.6 Å². The SMILES string of the molecule is C=C/C=C/CC(CC#C[Si](C)(C)C)(C(=O)OCC)C(=O)OCC. The highest BCUT2D eigenvalue weighted by molar-refractivity contribution is 6.83. The molecule has 0 amide bonds. The zero-order valence-electron chi connectivity index (χ0n) is 14.9. The van der Waals surface area contributed by atoms with Gasteiger partial charge in [-0.2, -0.15) is 0 Å². The van der Waals surface area contributed by atoms with Crippen LogP contribution in [-0.2, 0) is 19.1 Å². The number of hydrogen-bond acceptors (Lipinski definition) is 4. The second-order valence-electron chi connectivity index (χ2n) is 6.12. The summed E-state index contributed by atoms with van der Waals surface area (Å²) in [5, 5.41) is 0. The Bertz CT molecular complexity index is 485. The van der Waals surface area contributed by atoms with Gasteiger partial charge in [0.25, 0.3) is 0 Å². The van der Waals surface area contributed by atoms with Crippen LogP contribution < -0.4 is 0 Å². The Morgan fingerprint density at radius 3 is 2.04 bits per heavy atom. The zero-order valence-corrected chi connectivity index (χ0v) is 15.9. The Kier molecular flexibility index (Phi) is 9.27. The van der Waals surface area contributed by atoms with E-state index in [1.165, 1.54) is 0 Å². The summed E-state index contributed by atoms with van der Waals surface area (Å²) in [6.07, 6.45) is 5.28. The molecule has 0 aliphatic rings. The summed E-state index contributed by atoms with van der Waals surface area (Å²) in [6, 6.07) is 0. The summed E-state index contributed by atoms with van der Waals surface area (Å²) in [6.45, 7) is 13.7. The number of esters is 2. The van der Waals surface area contributed by atoms with Crippen molar-refractivity contribution in [3.8, 4) is 11.5 Å². The van der Waals surface area contributed by atoms with E-state index in [0.29, 0.717) is 0 Å². The first kappa shape index (κ1) is 21.2. The smallest absolute Gasteiger partial charge is 0.324 e. The van der Waals surface area contributed by atoms with Crippen molar-refractivity contribution in [1.29, 1.82) is 0 Å². The van der Waals surface area contributed by atoms with Gasteiger partial charge in [-0.25, -0.2) is 0 Å². The number of rotatable bonds is 8. The van der Waals surface area contributed by atoms with Crippen LogP contribution in [0.4, 0.5) is 0 Å². The van der Waals surface area contributed by atoms with Gasteiger partial charge in [-0.15, -0.1) is 11.5 Å². The zero-order chi connectivity index (χ0) is 17.9. The summed E-state index contributed by atoms with van der Waals surface area (Å²) in [5.41, 5.74) is 1.77. The lowest BCUT2D eigenvalue weighted by molar-refractivity contribution is -0.171. The van der Waals surface area contributed by atoms with E-state index in [0.717, 1.165) is 0 Å². The molecule has 0 rings (SSSR count). The van der Waals surface area contributed by atoms with E-state index in [1.807, 2.05) is 0 Å². The Labute approximate surface area is 140 Å². The molecule has 0 spiro atoms. The predicted octanol–water partition coefficient (Wildman–Crippen LogP) is 3.50. The largest absolute Gasteiger partial charge is 0.465 e. The Balaban J connectivity index is 5.73. The minimum Gasteiger partial charge on any atom is -0.465 e. The molecule has 0 aromatic heterocycles. The normalized spacial score (nSPS) is 11.5. The molecule has 0 radical (unpaired) electrons. The minimum atomic E-state index is -1.60. The molecule has 128 valence electrons. The second kappa shape index (κ2) is 10.1. The van der Waals surface area contributed by atoms with E-state index in [1.54, 1.807) is 32.1 Å². The molecule has 0 aromatic carbocycles. The molecule has 0 aromatic rings. The molecule has 0 fully saturated rings. The monoisotopic (exact) mass is 336 g/mol. The highest BCUT2D eigenvalue weighted by Crippen LogP contribution is 2.31. The lowest BCUT2D eigenvalue weighted by atomic mass is 9.81. The van der Waals surface area contributed by atoms with Crippen LogP contribution in [0.2, 0.25) is 19.6 Å². The Morgan fingerprint density at radius 1 is 1.13 bits per heavy atom. The number of carbonyl (C=O) groups is 2. The first-order valence-corrected chi connectivity index (χ1v) is 11.4. The van der Waals surface area contributed by atoms with Crippen LogP contribution >= 0.6 is 0 Å². The van der Waals surface area contributed by atoms with Crippen molar-refractivity contribution in [2.75, 3.05) is 13.2 Å². The van der Waals surface area contributed by atoms with Gasteiger partial charge < -0.3 is 9.47 Å². The van der Waals surface area contributed by atoms with Crippen LogP contribution in [0.25, 0.3) is 0 Å². The molecule has 0 aliphatic carbocycles. The number of ether oxygens (including phenoxy) is 2. The summed E-state index contributed by atoms with van der Waals surface area (Å²) in [5.74, 6) is 1.85. The van der Waals surface area contributed by atoms with Crippen molar-refractivity contribution in [1.82, 2.24) is 0 Å². The van der Waals surface area contributed by atoms with Crippen molar-refractivity contribution in [3.63, 3.8) is 0 Å². The molecule has 0 N–H and O–H groups in total. The van der Waals surface area contributed by atoms with E-state index in [-0.39, 0.29) is 26.1 Å². The lowest BCUT2D eigenvalue weighted by Gasteiger charge is -2.26. The first-order chi connectivity index (χ1) is 10.7. The fourth-order valence-corrected chi connectivity index (χ4v) is 2.45. The van der Waals surface area contributed by atoms with Gasteiger partial charge in [0.15, 0.2) is 5.41 Å². The summed E-state index contributed by atoms with van der Waals surface area (Å²) < 4.78 is 10.3. The Morgan fingerprint density at radius 2 is 1.65 bits per heavy atom. The van der Waals surface area contributed by atoms with E-state index < -0.39 is 25.4 Å². The van der Waals surface area contributed by atoms with Gasteiger partial charge in [0.2, 0.25) is 0 Å². The van der Waals surface area contributed by atoms with Gasteiger partial charge in [0.05, 0.1) is 13.2 Å². The third-order valence-electron chi connectivity index (χ3n) is 2.92. The third-order valence-corrected chi connectivity index (χ3v) is 3.85. The van der Waals surface area contributed by atoms with Crippen molar-refractivity contribution < 1.29 is 19.1 Å². The quantitative estimate of drug-likeness (QED) is 0.224. The highest BCUT2D eigenvalue weighted by atomic mass is 28.3. The molecule has 0 heterocycles. The summed E-state index contributed by atoms with van der Waals surface area (Å²) in [7, 11) is -1.60. The van der Waals surface area contributed by atoms with Crippen LogP contribution in [0.5, 0.6) is 0 Å². The van der Waals surface area contributed by atoms with Crippen LogP contribution in [-0.4, -0.2) is 33.2 Å². The van der Waals surface area contributed by atoms with Gasteiger partial charge >= 0.3 is 11.9 Å². The molecular formula is C18H28O4Si. The first-order valence-electron chi connectivity index (χ1n) is 7.85. The summed E-state index contributed by atoms with van der Waals surface area (Å²) >= 11 is 0. The van der Waals surface area contributed by atoms with Gasteiger partial charge in [0.1, 0.15) is 8.07 Å². The van der Waals surface area contributed by atoms with Crippen LogP contribution in [0.3, 0.4) is 0 Å². The Hall–Kier alpha value is -1.80. The van der Waals surface area contributed by atoms with E-state index >= 15 is 0 Å².